The van der Waals surface area contributed by atoms with Crippen molar-refractivity contribution in [1.29, 1.82) is 0 Å². The Balaban J connectivity index is 1.68. The normalized spacial score (nSPS) is 12.1. The molecule has 0 saturated heterocycles. The Kier molecular flexibility index (Phi) is 5.02. The maximum absolute atomic E-state index is 12.2. The molecule has 1 amide bonds. The van der Waals surface area contributed by atoms with Crippen LogP contribution in [0.4, 0.5) is 0 Å². The van der Waals surface area contributed by atoms with E-state index in [-0.39, 0.29) is 12.5 Å². The van der Waals surface area contributed by atoms with Crippen molar-refractivity contribution in [3.05, 3.63) is 65.5 Å². The molecule has 1 aromatic heterocycles. The van der Waals surface area contributed by atoms with Crippen molar-refractivity contribution in [2.75, 3.05) is 6.54 Å². The number of aromatic nitrogens is 2. The molecule has 0 radical (unpaired) electrons. The van der Waals surface area contributed by atoms with E-state index in [0.717, 1.165) is 22.0 Å². The summed E-state index contributed by atoms with van der Waals surface area (Å²) in [5.41, 5.74) is 2.08. The highest BCUT2D eigenvalue weighted by Gasteiger charge is 2.20. The maximum atomic E-state index is 12.2. The molecule has 0 spiro atoms. The smallest absolute Gasteiger partial charge is 0.308 e. The zero-order chi connectivity index (χ0) is 18.7. The molecule has 6 nitrogen and oxygen atoms in total. The summed E-state index contributed by atoms with van der Waals surface area (Å²) in [5, 5.41) is 18.5. The van der Waals surface area contributed by atoms with Crippen molar-refractivity contribution in [2.24, 2.45) is 13.0 Å². The number of hydrogen-bond acceptors (Lipinski definition) is 3. The lowest BCUT2D eigenvalue weighted by Crippen LogP contribution is -2.34. The van der Waals surface area contributed by atoms with E-state index in [1.54, 1.807) is 17.8 Å². The second-order valence-electron chi connectivity index (χ2n) is 6.43. The van der Waals surface area contributed by atoms with E-state index in [4.69, 9.17) is 0 Å². The molecule has 3 rings (SSSR count). The van der Waals surface area contributed by atoms with Crippen LogP contribution in [0.2, 0.25) is 0 Å². The Hall–Kier alpha value is -3.15. The first kappa shape index (κ1) is 17.7. The number of nitrogens with zero attached hydrogens (tertiary/aromatic N) is 2. The number of hydrogen-bond donors (Lipinski definition) is 2. The Morgan fingerprint density at radius 3 is 2.54 bits per heavy atom. The fraction of sp³-hybridized carbons (Fsp3) is 0.250. The van der Waals surface area contributed by atoms with Gasteiger partial charge in [-0.25, -0.2) is 0 Å². The first-order valence-electron chi connectivity index (χ1n) is 8.43. The molecule has 1 atom stereocenters. The average molecular weight is 351 g/mol. The fourth-order valence-electron chi connectivity index (χ4n) is 2.88. The van der Waals surface area contributed by atoms with Crippen molar-refractivity contribution < 1.29 is 14.7 Å². The maximum Gasteiger partial charge on any atom is 0.308 e. The largest absolute Gasteiger partial charge is 0.481 e. The Morgan fingerprint density at radius 1 is 1.15 bits per heavy atom. The number of fused-ring (bicyclic) bond motifs is 1. The molecule has 0 saturated carbocycles. The average Bonchev–Trinajstić information content (AvgIpc) is 2.97. The molecule has 1 heterocycles. The Labute approximate surface area is 151 Å². The summed E-state index contributed by atoms with van der Waals surface area (Å²) in [7, 11) is 1.76. The lowest BCUT2D eigenvalue weighted by Gasteiger charge is -2.13. The Bertz CT molecular complexity index is 942. The highest BCUT2D eigenvalue weighted by molar-refractivity contribution is 5.92. The number of aliphatic carboxylic acids is 1. The molecule has 2 N–H and O–H groups in total. The van der Waals surface area contributed by atoms with Gasteiger partial charge in [0.15, 0.2) is 0 Å². The van der Waals surface area contributed by atoms with E-state index in [1.165, 1.54) is 0 Å². The minimum absolute atomic E-state index is 0.0522. The molecular formula is C20H21N3O3. The van der Waals surface area contributed by atoms with Crippen LogP contribution in [0.3, 0.4) is 0 Å². The van der Waals surface area contributed by atoms with Crippen LogP contribution in [0.1, 0.15) is 21.7 Å². The molecule has 134 valence electrons. The summed E-state index contributed by atoms with van der Waals surface area (Å²) < 4.78 is 1.61. The molecule has 3 aromatic rings. The molecule has 0 bridgehead atoms. The van der Waals surface area contributed by atoms with Crippen molar-refractivity contribution in [3.8, 4) is 0 Å². The van der Waals surface area contributed by atoms with Crippen LogP contribution in [0, 0.1) is 12.8 Å². The standard InChI is InChI=1S/C20H21N3O3/c1-13-9-18(22-23(13)2)19(24)21-12-17(20(25)26)11-14-7-8-15-5-3-4-6-16(15)10-14/h3-10,17H,11-12H2,1-2H3,(H,21,24)(H,25,26). The quantitative estimate of drug-likeness (QED) is 0.715. The number of carbonyl (C=O) groups is 2. The van der Waals surface area contributed by atoms with Gasteiger partial charge in [0.1, 0.15) is 5.69 Å². The number of benzene rings is 2. The van der Waals surface area contributed by atoms with E-state index in [0.29, 0.717) is 12.1 Å². The second kappa shape index (κ2) is 7.39. The molecule has 1 unspecified atom stereocenters. The summed E-state index contributed by atoms with van der Waals surface area (Å²) >= 11 is 0. The molecule has 0 aliphatic carbocycles. The van der Waals surface area contributed by atoms with Gasteiger partial charge in [0.25, 0.3) is 5.91 Å². The van der Waals surface area contributed by atoms with Crippen molar-refractivity contribution in [3.63, 3.8) is 0 Å². The van der Waals surface area contributed by atoms with E-state index in [2.05, 4.69) is 10.4 Å². The van der Waals surface area contributed by atoms with Crippen LogP contribution >= 0.6 is 0 Å². The summed E-state index contributed by atoms with van der Waals surface area (Å²) in [6.07, 6.45) is 0.349. The lowest BCUT2D eigenvalue weighted by atomic mass is 9.97. The van der Waals surface area contributed by atoms with Gasteiger partial charge < -0.3 is 10.4 Å². The van der Waals surface area contributed by atoms with Gasteiger partial charge in [0, 0.05) is 19.3 Å². The van der Waals surface area contributed by atoms with E-state index < -0.39 is 11.9 Å². The lowest BCUT2D eigenvalue weighted by molar-refractivity contribution is -0.141. The molecule has 0 aliphatic heterocycles. The van der Waals surface area contributed by atoms with Crippen LogP contribution < -0.4 is 5.32 Å². The number of rotatable bonds is 6. The van der Waals surface area contributed by atoms with E-state index in [9.17, 15) is 14.7 Å². The zero-order valence-corrected chi connectivity index (χ0v) is 14.8. The zero-order valence-electron chi connectivity index (χ0n) is 14.8. The van der Waals surface area contributed by atoms with Crippen molar-refractivity contribution >= 4 is 22.6 Å². The van der Waals surface area contributed by atoms with E-state index in [1.807, 2.05) is 49.4 Å². The van der Waals surface area contributed by atoms with Crippen molar-refractivity contribution in [1.82, 2.24) is 15.1 Å². The number of nitrogens with one attached hydrogen (secondary N) is 1. The van der Waals surface area contributed by atoms with Gasteiger partial charge >= 0.3 is 5.97 Å². The van der Waals surface area contributed by atoms with Gasteiger partial charge in [-0.2, -0.15) is 5.10 Å². The van der Waals surface area contributed by atoms with Gasteiger partial charge in [0.2, 0.25) is 0 Å². The third kappa shape index (κ3) is 3.91. The van der Waals surface area contributed by atoms with Crippen LogP contribution in [0.5, 0.6) is 0 Å². The molecule has 6 heteroatoms. The third-order valence-corrected chi connectivity index (χ3v) is 4.50. The molecule has 0 fully saturated rings. The van der Waals surface area contributed by atoms with E-state index >= 15 is 0 Å². The highest BCUT2D eigenvalue weighted by atomic mass is 16.4. The molecule has 26 heavy (non-hydrogen) atoms. The third-order valence-electron chi connectivity index (χ3n) is 4.50. The second-order valence-corrected chi connectivity index (χ2v) is 6.43. The number of carboxylic acids is 1. The van der Waals surface area contributed by atoms with Crippen LogP contribution in [-0.2, 0) is 18.3 Å². The van der Waals surface area contributed by atoms with Gasteiger partial charge in [-0.05, 0) is 35.7 Å². The van der Waals surface area contributed by atoms with Crippen LogP contribution in [0.15, 0.2) is 48.5 Å². The van der Waals surface area contributed by atoms with Crippen LogP contribution in [-0.4, -0.2) is 33.3 Å². The monoisotopic (exact) mass is 351 g/mol. The van der Waals surface area contributed by atoms with Crippen molar-refractivity contribution in [2.45, 2.75) is 13.3 Å². The number of carbonyl (C=O) groups excluding carboxylic acids is 1. The molecule has 2 aromatic carbocycles. The topological polar surface area (TPSA) is 84.2 Å². The minimum atomic E-state index is -0.935. The summed E-state index contributed by atoms with van der Waals surface area (Å²) in [5.74, 6) is -2.00. The molecular weight excluding hydrogens is 330 g/mol. The highest BCUT2D eigenvalue weighted by Crippen LogP contribution is 2.18. The predicted octanol–water partition coefficient (Wildman–Crippen LogP) is 2.56. The molecule has 0 aliphatic rings. The SMILES string of the molecule is Cc1cc(C(=O)NCC(Cc2ccc3ccccc3c2)C(=O)O)nn1C. The first-order valence-corrected chi connectivity index (χ1v) is 8.43. The minimum Gasteiger partial charge on any atom is -0.481 e. The van der Waals surface area contributed by atoms with Gasteiger partial charge in [-0.1, -0.05) is 42.5 Å². The summed E-state index contributed by atoms with van der Waals surface area (Å²) in [6.45, 7) is 1.90. The van der Waals surface area contributed by atoms with Gasteiger partial charge in [0.05, 0.1) is 5.92 Å². The van der Waals surface area contributed by atoms with Gasteiger partial charge in [-0.15, -0.1) is 0 Å². The number of amides is 1. The number of aryl methyl sites for hydroxylation is 2. The predicted molar refractivity (Wildman–Crippen MR) is 99.1 cm³/mol. The number of carboxylic acid groups (broad SMARTS) is 1. The Morgan fingerprint density at radius 2 is 1.88 bits per heavy atom. The van der Waals surface area contributed by atoms with Crippen LogP contribution in [0.25, 0.3) is 10.8 Å². The summed E-state index contributed by atoms with van der Waals surface area (Å²) in [4.78, 5) is 23.8. The van der Waals surface area contributed by atoms with Gasteiger partial charge in [-0.3, -0.25) is 14.3 Å². The summed E-state index contributed by atoms with van der Waals surface area (Å²) in [6, 6.07) is 15.5. The first-order chi connectivity index (χ1) is 12.4. The fourth-order valence-corrected chi connectivity index (χ4v) is 2.88.